The number of aryl methyl sites for hydroxylation is 1. The maximum atomic E-state index is 13.3. The molecule has 0 saturated heterocycles. The van der Waals surface area contributed by atoms with Crippen molar-refractivity contribution in [3.8, 4) is 0 Å². The number of nitrogens with one attached hydrogen (secondary N) is 1. The van der Waals surface area contributed by atoms with Crippen LogP contribution in [0.3, 0.4) is 0 Å². The topological polar surface area (TPSA) is 86.8 Å². The fourth-order valence-corrected chi connectivity index (χ4v) is 4.36. The predicted octanol–water partition coefficient (Wildman–Crippen LogP) is 3.23. The average molecular weight is 486 g/mol. The van der Waals surface area contributed by atoms with Crippen molar-refractivity contribution < 1.29 is 18.0 Å². The Morgan fingerprint density at radius 1 is 1.13 bits per heavy atom. The van der Waals surface area contributed by atoms with Gasteiger partial charge >= 0.3 is 0 Å². The molecule has 2 rings (SSSR count). The minimum absolute atomic E-state index is 0.0909. The molecule has 0 aliphatic carbocycles. The van der Waals surface area contributed by atoms with Crippen LogP contribution in [0.2, 0.25) is 10.0 Å². The van der Waals surface area contributed by atoms with E-state index in [1.165, 1.54) is 30.1 Å². The fourth-order valence-electron chi connectivity index (χ4n) is 3.07. The van der Waals surface area contributed by atoms with E-state index in [1.807, 2.05) is 31.2 Å². The van der Waals surface area contributed by atoms with Crippen LogP contribution in [0.25, 0.3) is 0 Å². The van der Waals surface area contributed by atoms with Crippen LogP contribution in [-0.2, 0) is 26.2 Å². The summed E-state index contributed by atoms with van der Waals surface area (Å²) >= 11 is 12.2. The molecule has 168 valence electrons. The number of rotatable bonds is 8. The van der Waals surface area contributed by atoms with E-state index >= 15 is 0 Å². The summed E-state index contributed by atoms with van der Waals surface area (Å²) in [4.78, 5) is 26.9. The van der Waals surface area contributed by atoms with Crippen LogP contribution >= 0.6 is 23.2 Å². The molecule has 0 radical (unpaired) electrons. The number of sulfonamides is 1. The van der Waals surface area contributed by atoms with Crippen LogP contribution in [0, 0.1) is 6.92 Å². The highest BCUT2D eigenvalue weighted by Gasteiger charge is 2.30. The first-order valence-corrected chi connectivity index (χ1v) is 12.0. The molecule has 10 heteroatoms. The lowest BCUT2D eigenvalue weighted by Gasteiger charge is -2.31. The van der Waals surface area contributed by atoms with Gasteiger partial charge in [-0.25, -0.2) is 8.42 Å². The molecule has 0 bridgehead atoms. The number of anilines is 1. The van der Waals surface area contributed by atoms with Gasteiger partial charge in [0.25, 0.3) is 0 Å². The van der Waals surface area contributed by atoms with Gasteiger partial charge in [0.2, 0.25) is 21.8 Å². The maximum absolute atomic E-state index is 13.3. The second kappa shape index (κ2) is 10.3. The molecule has 31 heavy (non-hydrogen) atoms. The quantitative estimate of drug-likeness (QED) is 0.621. The molecule has 2 amide bonds. The van der Waals surface area contributed by atoms with Gasteiger partial charge in [-0.3, -0.25) is 13.9 Å². The Kier molecular flexibility index (Phi) is 8.34. The summed E-state index contributed by atoms with van der Waals surface area (Å²) in [6.07, 6.45) is 0.977. The maximum Gasteiger partial charge on any atom is 0.244 e. The molecule has 0 saturated carbocycles. The summed E-state index contributed by atoms with van der Waals surface area (Å²) in [5.41, 5.74) is 1.91. The first kappa shape index (κ1) is 25.0. The van der Waals surface area contributed by atoms with Gasteiger partial charge in [0.05, 0.1) is 17.0 Å². The van der Waals surface area contributed by atoms with Crippen molar-refractivity contribution in [2.45, 2.75) is 26.4 Å². The van der Waals surface area contributed by atoms with Crippen molar-refractivity contribution in [3.63, 3.8) is 0 Å². The van der Waals surface area contributed by atoms with E-state index in [0.717, 1.165) is 21.7 Å². The van der Waals surface area contributed by atoms with E-state index in [-0.39, 0.29) is 28.2 Å². The number of nitrogens with zero attached hydrogens (tertiary/aromatic N) is 2. The summed E-state index contributed by atoms with van der Waals surface area (Å²) in [5.74, 6) is -0.924. The minimum atomic E-state index is -3.87. The van der Waals surface area contributed by atoms with Gasteiger partial charge in [0, 0.05) is 18.6 Å². The van der Waals surface area contributed by atoms with E-state index < -0.39 is 28.5 Å². The number of carbonyl (C=O) groups is 2. The Labute approximate surface area is 193 Å². The predicted molar refractivity (Wildman–Crippen MR) is 124 cm³/mol. The molecule has 2 aromatic rings. The van der Waals surface area contributed by atoms with Crippen molar-refractivity contribution in [1.82, 2.24) is 10.2 Å². The number of carbonyl (C=O) groups excluding carboxylic acids is 2. The Morgan fingerprint density at radius 3 is 2.39 bits per heavy atom. The Balaban J connectivity index is 2.43. The molecule has 0 unspecified atom stereocenters. The van der Waals surface area contributed by atoms with Gasteiger partial charge in [-0.1, -0.05) is 53.0 Å². The SMILES string of the molecule is CNC(=O)[C@@H](C)N(Cc1cccc(C)c1)C(=O)CN(c1cc(Cl)ccc1Cl)S(C)(=O)=O. The first-order chi connectivity index (χ1) is 14.4. The van der Waals surface area contributed by atoms with Gasteiger partial charge in [-0.05, 0) is 37.6 Å². The molecule has 2 aromatic carbocycles. The zero-order valence-corrected chi connectivity index (χ0v) is 20.1. The van der Waals surface area contributed by atoms with E-state index in [2.05, 4.69) is 5.32 Å². The van der Waals surface area contributed by atoms with E-state index in [9.17, 15) is 18.0 Å². The summed E-state index contributed by atoms with van der Waals surface area (Å²) in [6, 6.07) is 11.1. The highest BCUT2D eigenvalue weighted by Crippen LogP contribution is 2.30. The lowest BCUT2D eigenvalue weighted by atomic mass is 10.1. The molecule has 0 aliphatic rings. The molecule has 0 spiro atoms. The summed E-state index contributed by atoms with van der Waals surface area (Å²) in [7, 11) is -2.40. The average Bonchev–Trinajstić information content (AvgIpc) is 2.70. The number of hydrogen-bond donors (Lipinski definition) is 1. The van der Waals surface area contributed by atoms with Crippen LogP contribution in [0.4, 0.5) is 5.69 Å². The third-order valence-electron chi connectivity index (χ3n) is 4.71. The van der Waals surface area contributed by atoms with Crippen molar-refractivity contribution in [3.05, 3.63) is 63.6 Å². The zero-order chi connectivity index (χ0) is 23.3. The third kappa shape index (κ3) is 6.59. The second-order valence-corrected chi connectivity index (χ2v) is 9.92. The van der Waals surface area contributed by atoms with Gasteiger partial charge in [-0.2, -0.15) is 0 Å². The largest absolute Gasteiger partial charge is 0.357 e. The number of likely N-dealkylation sites (N-methyl/N-ethyl adjacent to an activating group) is 1. The molecule has 0 heterocycles. The fraction of sp³-hybridized carbons (Fsp3) is 0.333. The lowest BCUT2D eigenvalue weighted by molar-refractivity contribution is -0.139. The molecule has 1 atom stereocenters. The van der Waals surface area contributed by atoms with Crippen LogP contribution in [-0.4, -0.2) is 51.0 Å². The highest BCUT2D eigenvalue weighted by atomic mass is 35.5. The molecule has 0 fully saturated rings. The monoisotopic (exact) mass is 485 g/mol. The van der Waals surface area contributed by atoms with Gasteiger partial charge in [0.1, 0.15) is 12.6 Å². The smallest absolute Gasteiger partial charge is 0.244 e. The van der Waals surface area contributed by atoms with Crippen LogP contribution in [0.1, 0.15) is 18.1 Å². The summed E-state index contributed by atoms with van der Waals surface area (Å²) in [6.45, 7) is 3.11. The Morgan fingerprint density at radius 2 is 1.81 bits per heavy atom. The highest BCUT2D eigenvalue weighted by molar-refractivity contribution is 7.92. The van der Waals surface area contributed by atoms with Crippen molar-refractivity contribution in [1.29, 1.82) is 0 Å². The van der Waals surface area contributed by atoms with Crippen molar-refractivity contribution in [2.24, 2.45) is 0 Å². The molecule has 0 aromatic heterocycles. The van der Waals surface area contributed by atoms with Gasteiger partial charge < -0.3 is 10.2 Å². The third-order valence-corrected chi connectivity index (χ3v) is 6.39. The summed E-state index contributed by atoms with van der Waals surface area (Å²) in [5, 5.41) is 2.93. The van der Waals surface area contributed by atoms with Crippen LogP contribution in [0.5, 0.6) is 0 Å². The molecule has 7 nitrogen and oxygen atoms in total. The number of amides is 2. The standard InChI is InChI=1S/C21H25Cl2N3O4S/c1-14-6-5-7-16(10-14)12-25(15(2)21(28)24-3)20(27)13-26(31(4,29)30)19-11-17(22)8-9-18(19)23/h5-11,15H,12-13H2,1-4H3,(H,24,28)/t15-/m1/s1. The van der Waals surface area contributed by atoms with Crippen LogP contribution < -0.4 is 9.62 Å². The molecular formula is C21H25Cl2N3O4S. The Hall–Kier alpha value is -2.29. The first-order valence-electron chi connectivity index (χ1n) is 9.43. The molecular weight excluding hydrogens is 461 g/mol. The second-order valence-electron chi connectivity index (χ2n) is 7.17. The van der Waals surface area contributed by atoms with Gasteiger partial charge in [0.15, 0.2) is 0 Å². The molecule has 1 N–H and O–H groups in total. The van der Waals surface area contributed by atoms with Crippen molar-refractivity contribution in [2.75, 3.05) is 24.2 Å². The number of halogens is 2. The van der Waals surface area contributed by atoms with Crippen molar-refractivity contribution >= 4 is 50.7 Å². The van der Waals surface area contributed by atoms with Gasteiger partial charge in [-0.15, -0.1) is 0 Å². The minimum Gasteiger partial charge on any atom is -0.357 e. The normalized spacial score (nSPS) is 12.2. The van der Waals surface area contributed by atoms with E-state index in [1.54, 1.807) is 6.92 Å². The number of hydrogen-bond acceptors (Lipinski definition) is 4. The van der Waals surface area contributed by atoms with E-state index in [4.69, 9.17) is 23.2 Å². The summed E-state index contributed by atoms with van der Waals surface area (Å²) < 4.78 is 25.9. The zero-order valence-electron chi connectivity index (χ0n) is 17.7. The molecule has 0 aliphatic heterocycles. The van der Waals surface area contributed by atoms with E-state index in [0.29, 0.717) is 0 Å². The lowest BCUT2D eigenvalue weighted by Crippen LogP contribution is -2.50. The Bertz CT molecular complexity index is 1080. The van der Waals surface area contributed by atoms with Crippen LogP contribution in [0.15, 0.2) is 42.5 Å². The number of benzene rings is 2.